The molecule has 0 bridgehead atoms. The van der Waals surface area contributed by atoms with E-state index in [1.807, 2.05) is 24.3 Å². The molecular formula is C12H8BrNO3. The molecule has 2 aromatic carbocycles. The second kappa shape index (κ2) is 4.97. The number of nitrogens with zero attached hydrogens (tertiary/aromatic N) is 1. The van der Waals surface area contributed by atoms with Gasteiger partial charge in [-0.1, -0.05) is 15.9 Å². The first-order valence-corrected chi connectivity index (χ1v) is 5.62. The van der Waals surface area contributed by atoms with Gasteiger partial charge in [0.15, 0.2) is 0 Å². The number of benzene rings is 2. The molecule has 0 saturated heterocycles. The van der Waals surface area contributed by atoms with Crippen LogP contribution in [0.25, 0.3) is 0 Å². The zero-order valence-corrected chi connectivity index (χ0v) is 10.3. The van der Waals surface area contributed by atoms with E-state index in [-0.39, 0.29) is 5.69 Å². The summed E-state index contributed by atoms with van der Waals surface area (Å²) in [5.74, 6) is 1.25. The zero-order chi connectivity index (χ0) is 12.3. The average molecular weight is 294 g/mol. The molecule has 17 heavy (non-hydrogen) atoms. The molecule has 0 N–H and O–H groups in total. The van der Waals surface area contributed by atoms with E-state index in [0.717, 1.165) is 4.47 Å². The monoisotopic (exact) mass is 293 g/mol. The van der Waals surface area contributed by atoms with Crippen molar-refractivity contribution in [3.63, 3.8) is 0 Å². The molecule has 0 aliphatic rings. The predicted octanol–water partition coefficient (Wildman–Crippen LogP) is 4.15. The van der Waals surface area contributed by atoms with E-state index in [2.05, 4.69) is 15.9 Å². The van der Waals surface area contributed by atoms with E-state index in [1.165, 1.54) is 12.1 Å². The summed E-state index contributed by atoms with van der Waals surface area (Å²) in [6.45, 7) is 0. The second-order valence-corrected chi connectivity index (χ2v) is 4.22. The average Bonchev–Trinajstić information content (AvgIpc) is 2.33. The Kier molecular flexibility index (Phi) is 3.39. The van der Waals surface area contributed by atoms with Gasteiger partial charge in [0.2, 0.25) is 0 Å². The van der Waals surface area contributed by atoms with Crippen molar-refractivity contribution in [1.82, 2.24) is 0 Å². The van der Waals surface area contributed by atoms with E-state index in [1.54, 1.807) is 12.1 Å². The van der Waals surface area contributed by atoms with E-state index < -0.39 is 4.92 Å². The van der Waals surface area contributed by atoms with Crippen LogP contribution in [0.5, 0.6) is 11.5 Å². The Labute approximate surface area is 106 Å². The van der Waals surface area contributed by atoms with E-state index in [4.69, 9.17) is 4.74 Å². The SMILES string of the molecule is O=[N+]([O-])c1ccc(Oc2ccc(Br)cc2)cc1. The van der Waals surface area contributed by atoms with Gasteiger partial charge in [0, 0.05) is 16.6 Å². The fraction of sp³-hybridized carbons (Fsp3) is 0. The molecule has 4 nitrogen and oxygen atoms in total. The molecule has 0 aromatic heterocycles. The maximum atomic E-state index is 10.5. The highest BCUT2D eigenvalue weighted by molar-refractivity contribution is 9.10. The van der Waals surface area contributed by atoms with Crippen LogP contribution in [-0.4, -0.2) is 4.92 Å². The Morgan fingerprint density at radius 2 is 1.41 bits per heavy atom. The van der Waals surface area contributed by atoms with Crippen molar-refractivity contribution in [2.75, 3.05) is 0 Å². The van der Waals surface area contributed by atoms with Gasteiger partial charge in [-0.25, -0.2) is 0 Å². The maximum absolute atomic E-state index is 10.5. The topological polar surface area (TPSA) is 52.4 Å². The molecule has 0 amide bonds. The van der Waals surface area contributed by atoms with Crippen molar-refractivity contribution in [1.29, 1.82) is 0 Å². The van der Waals surface area contributed by atoms with Gasteiger partial charge in [-0.2, -0.15) is 0 Å². The van der Waals surface area contributed by atoms with Crippen LogP contribution in [0.3, 0.4) is 0 Å². The Hall–Kier alpha value is -1.88. The highest BCUT2D eigenvalue weighted by Gasteiger charge is 2.04. The molecule has 0 aliphatic heterocycles. The number of ether oxygens (including phenoxy) is 1. The quantitative estimate of drug-likeness (QED) is 0.631. The number of rotatable bonds is 3. The number of nitro benzene ring substituents is 1. The summed E-state index contributed by atoms with van der Waals surface area (Å²) >= 11 is 3.33. The second-order valence-electron chi connectivity index (χ2n) is 3.31. The minimum Gasteiger partial charge on any atom is -0.457 e. The Morgan fingerprint density at radius 3 is 1.88 bits per heavy atom. The van der Waals surface area contributed by atoms with Crippen molar-refractivity contribution in [2.45, 2.75) is 0 Å². The van der Waals surface area contributed by atoms with Crippen LogP contribution in [0.2, 0.25) is 0 Å². The van der Waals surface area contributed by atoms with Crippen LogP contribution >= 0.6 is 15.9 Å². The highest BCUT2D eigenvalue weighted by Crippen LogP contribution is 2.24. The molecule has 0 spiro atoms. The first-order valence-electron chi connectivity index (χ1n) is 4.83. The van der Waals surface area contributed by atoms with Crippen molar-refractivity contribution in [2.24, 2.45) is 0 Å². The number of halogens is 1. The Morgan fingerprint density at radius 1 is 0.941 bits per heavy atom. The van der Waals surface area contributed by atoms with Gasteiger partial charge in [0.25, 0.3) is 5.69 Å². The normalized spacial score (nSPS) is 9.94. The fourth-order valence-corrected chi connectivity index (χ4v) is 1.54. The lowest BCUT2D eigenvalue weighted by atomic mass is 10.3. The van der Waals surface area contributed by atoms with Crippen LogP contribution in [-0.2, 0) is 0 Å². The van der Waals surface area contributed by atoms with Crippen LogP contribution < -0.4 is 4.74 Å². The summed E-state index contributed by atoms with van der Waals surface area (Å²) in [6, 6.07) is 13.3. The summed E-state index contributed by atoms with van der Waals surface area (Å²) in [7, 11) is 0. The molecule has 0 unspecified atom stereocenters. The highest BCUT2D eigenvalue weighted by atomic mass is 79.9. The molecule has 0 saturated carbocycles. The lowest BCUT2D eigenvalue weighted by Gasteiger charge is -2.04. The molecule has 0 atom stereocenters. The minimum atomic E-state index is -0.441. The number of hydrogen-bond acceptors (Lipinski definition) is 3. The molecule has 0 fully saturated rings. The standard InChI is InChI=1S/C12H8BrNO3/c13-9-1-5-11(6-2-9)17-12-7-3-10(4-8-12)14(15)16/h1-8H. The van der Waals surface area contributed by atoms with Crippen LogP contribution in [0.4, 0.5) is 5.69 Å². The molecular weight excluding hydrogens is 286 g/mol. The van der Waals surface area contributed by atoms with Gasteiger partial charge in [-0.05, 0) is 36.4 Å². The molecule has 2 rings (SSSR count). The Bertz CT molecular complexity index is 522. The minimum absolute atomic E-state index is 0.0492. The molecule has 0 heterocycles. The molecule has 5 heteroatoms. The zero-order valence-electron chi connectivity index (χ0n) is 8.67. The van der Waals surface area contributed by atoms with Gasteiger partial charge in [-0.15, -0.1) is 0 Å². The lowest BCUT2D eigenvalue weighted by molar-refractivity contribution is -0.384. The summed E-state index contributed by atoms with van der Waals surface area (Å²) in [6.07, 6.45) is 0. The third-order valence-electron chi connectivity index (χ3n) is 2.10. The van der Waals surface area contributed by atoms with Gasteiger partial charge < -0.3 is 4.74 Å². The van der Waals surface area contributed by atoms with Gasteiger partial charge in [0.05, 0.1) is 4.92 Å². The van der Waals surface area contributed by atoms with Crippen molar-refractivity contribution < 1.29 is 9.66 Å². The van der Waals surface area contributed by atoms with Crippen molar-refractivity contribution in [3.8, 4) is 11.5 Å². The molecule has 0 aliphatic carbocycles. The summed E-state index contributed by atoms with van der Waals surface area (Å²) < 4.78 is 6.49. The smallest absolute Gasteiger partial charge is 0.269 e. The van der Waals surface area contributed by atoms with E-state index >= 15 is 0 Å². The van der Waals surface area contributed by atoms with Crippen molar-refractivity contribution >= 4 is 21.6 Å². The molecule has 86 valence electrons. The number of nitro groups is 1. The fourth-order valence-electron chi connectivity index (χ4n) is 1.27. The first kappa shape index (κ1) is 11.6. The van der Waals surface area contributed by atoms with E-state index in [0.29, 0.717) is 11.5 Å². The first-order chi connectivity index (χ1) is 8.15. The van der Waals surface area contributed by atoms with Crippen molar-refractivity contribution in [3.05, 3.63) is 63.1 Å². The molecule has 0 radical (unpaired) electrons. The third-order valence-corrected chi connectivity index (χ3v) is 2.63. The van der Waals surface area contributed by atoms with Crippen LogP contribution in [0.15, 0.2) is 53.0 Å². The summed E-state index contributed by atoms with van der Waals surface area (Å²) in [5.41, 5.74) is 0.0492. The summed E-state index contributed by atoms with van der Waals surface area (Å²) in [4.78, 5) is 10.0. The number of non-ortho nitro benzene ring substituents is 1. The largest absolute Gasteiger partial charge is 0.457 e. The number of hydrogen-bond donors (Lipinski definition) is 0. The Balaban J connectivity index is 2.13. The third kappa shape index (κ3) is 3.04. The van der Waals surface area contributed by atoms with Crippen LogP contribution in [0.1, 0.15) is 0 Å². The van der Waals surface area contributed by atoms with Gasteiger partial charge in [0.1, 0.15) is 11.5 Å². The lowest BCUT2D eigenvalue weighted by Crippen LogP contribution is -1.88. The van der Waals surface area contributed by atoms with E-state index in [9.17, 15) is 10.1 Å². The molecule has 2 aromatic rings. The van der Waals surface area contributed by atoms with Gasteiger partial charge >= 0.3 is 0 Å². The van der Waals surface area contributed by atoms with Crippen LogP contribution in [0, 0.1) is 10.1 Å². The predicted molar refractivity (Wildman–Crippen MR) is 67.3 cm³/mol. The maximum Gasteiger partial charge on any atom is 0.269 e. The van der Waals surface area contributed by atoms with Gasteiger partial charge in [-0.3, -0.25) is 10.1 Å². The summed E-state index contributed by atoms with van der Waals surface area (Å²) in [5, 5.41) is 10.5.